The summed E-state index contributed by atoms with van der Waals surface area (Å²) in [6.07, 6.45) is 4.08. The third kappa shape index (κ3) is 4.25. The maximum atomic E-state index is 13.1. The monoisotopic (exact) mass is 471 g/mol. The van der Waals surface area contributed by atoms with Crippen LogP contribution in [0, 0.1) is 13.8 Å². The Kier molecular flexibility index (Phi) is 6.26. The summed E-state index contributed by atoms with van der Waals surface area (Å²) in [6.45, 7) is 3.61. The maximum Gasteiger partial charge on any atom is 0.336 e. The number of carbonyl (C=O) groups is 2. The Labute approximate surface area is 196 Å². The zero-order valence-electron chi connectivity index (χ0n) is 17.8. The predicted molar refractivity (Wildman–Crippen MR) is 125 cm³/mol. The van der Waals surface area contributed by atoms with E-state index in [9.17, 15) is 14.7 Å². The molecule has 0 spiro atoms. The van der Waals surface area contributed by atoms with E-state index in [-0.39, 0.29) is 23.2 Å². The van der Waals surface area contributed by atoms with Gasteiger partial charge in [0.15, 0.2) is 5.69 Å². The molecule has 4 rings (SSSR count). The summed E-state index contributed by atoms with van der Waals surface area (Å²) in [5, 5.41) is 18.3. The molecule has 0 bridgehead atoms. The molecule has 0 aliphatic heterocycles. The average molecular weight is 472 g/mol. The Morgan fingerprint density at radius 3 is 2.47 bits per heavy atom. The highest BCUT2D eigenvalue weighted by Gasteiger charge is 2.27. The van der Waals surface area contributed by atoms with Crippen LogP contribution in [0.25, 0.3) is 16.9 Å². The minimum atomic E-state index is -1.06. The number of halogens is 2. The molecule has 0 unspecified atom stereocenters. The molecule has 0 saturated heterocycles. The fraction of sp³-hybridized carbons (Fsp3) is 0.292. The number of nitrogens with one attached hydrogen (secondary N) is 1. The summed E-state index contributed by atoms with van der Waals surface area (Å²) in [6, 6.07) is 10.3. The summed E-state index contributed by atoms with van der Waals surface area (Å²) in [4.78, 5) is 25.1. The first kappa shape index (κ1) is 22.4. The van der Waals surface area contributed by atoms with Crippen molar-refractivity contribution in [3.05, 3.63) is 68.8 Å². The first-order valence-corrected chi connectivity index (χ1v) is 11.2. The van der Waals surface area contributed by atoms with Crippen LogP contribution in [-0.2, 0) is 0 Å². The van der Waals surface area contributed by atoms with Crippen molar-refractivity contribution >= 4 is 35.1 Å². The second kappa shape index (κ2) is 8.96. The third-order valence-electron chi connectivity index (χ3n) is 5.83. The van der Waals surface area contributed by atoms with Crippen LogP contribution in [0.2, 0.25) is 10.0 Å². The van der Waals surface area contributed by atoms with E-state index in [0.29, 0.717) is 32.6 Å². The van der Waals surface area contributed by atoms with Gasteiger partial charge >= 0.3 is 5.97 Å². The average Bonchev–Trinajstić information content (AvgIpc) is 3.36. The molecule has 166 valence electrons. The number of nitrogens with zero attached hydrogens (tertiary/aromatic N) is 2. The van der Waals surface area contributed by atoms with Gasteiger partial charge in [0.2, 0.25) is 0 Å². The quantitative estimate of drug-likeness (QED) is 0.489. The van der Waals surface area contributed by atoms with Crippen LogP contribution >= 0.6 is 23.2 Å². The lowest BCUT2D eigenvalue weighted by Crippen LogP contribution is -2.33. The van der Waals surface area contributed by atoms with Crippen molar-refractivity contribution in [3.63, 3.8) is 0 Å². The summed E-state index contributed by atoms with van der Waals surface area (Å²) in [5.74, 6) is -1.33. The van der Waals surface area contributed by atoms with Gasteiger partial charge in [0.1, 0.15) is 0 Å². The van der Waals surface area contributed by atoms with Gasteiger partial charge in [0, 0.05) is 22.2 Å². The van der Waals surface area contributed by atoms with Gasteiger partial charge < -0.3 is 10.4 Å². The standard InChI is InChI=1S/C24H23Cl2N3O3/c1-13-7-9-17(18(11-13)24(31)32)22-14(2)21(23(30)27-16-5-3-4-6-16)28-29(22)20-10-8-15(25)12-19(20)26/h7-12,16H,3-6H2,1-2H3,(H,27,30)(H,31,32). The Hall–Kier alpha value is -2.83. The molecule has 6 nitrogen and oxygen atoms in total. The molecule has 1 aliphatic rings. The van der Waals surface area contributed by atoms with Crippen LogP contribution in [0.1, 0.15) is 57.7 Å². The SMILES string of the molecule is Cc1ccc(-c2c(C)c(C(=O)NC3CCCC3)nn2-c2ccc(Cl)cc2Cl)c(C(=O)O)c1. The van der Waals surface area contributed by atoms with Crippen molar-refractivity contribution in [1.82, 2.24) is 15.1 Å². The number of aryl methyl sites for hydroxylation is 1. The Morgan fingerprint density at radius 2 is 1.81 bits per heavy atom. The summed E-state index contributed by atoms with van der Waals surface area (Å²) in [7, 11) is 0. The number of carboxylic acid groups (broad SMARTS) is 1. The first-order chi connectivity index (χ1) is 15.3. The highest BCUT2D eigenvalue weighted by molar-refractivity contribution is 6.35. The molecule has 0 radical (unpaired) electrons. The fourth-order valence-corrected chi connectivity index (χ4v) is 4.71. The van der Waals surface area contributed by atoms with Crippen LogP contribution in [0.5, 0.6) is 0 Å². The second-order valence-corrected chi connectivity index (χ2v) is 8.98. The lowest BCUT2D eigenvalue weighted by Gasteiger charge is -2.13. The van der Waals surface area contributed by atoms with Gasteiger partial charge in [-0.05, 0) is 51.0 Å². The van der Waals surface area contributed by atoms with E-state index in [1.165, 1.54) is 4.68 Å². The number of aromatic nitrogens is 2. The summed E-state index contributed by atoms with van der Waals surface area (Å²) in [5.41, 5.74) is 3.24. The zero-order chi connectivity index (χ0) is 23.0. The number of rotatable bonds is 5. The van der Waals surface area contributed by atoms with Gasteiger partial charge in [0.05, 0.1) is 22.0 Å². The molecule has 8 heteroatoms. The number of hydrogen-bond donors (Lipinski definition) is 2. The highest BCUT2D eigenvalue weighted by Crippen LogP contribution is 2.35. The molecule has 0 atom stereocenters. The van der Waals surface area contributed by atoms with Gasteiger partial charge in [-0.3, -0.25) is 4.79 Å². The van der Waals surface area contributed by atoms with E-state index in [1.807, 2.05) is 13.0 Å². The van der Waals surface area contributed by atoms with E-state index in [1.54, 1.807) is 37.3 Å². The van der Waals surface area contributed by atoms with Gasteiger partial charge in [0.25, 0.3) is 5.91 Å². The number of carboxylic acids is 1. The minimum absolute atomic E-state index is 0.127. The molecule has 2 N–H and O–H groups in total. The molecule has 3 aromatic rings. The van der Waals surface area contributed by atoms with Crippen molar-refractivity contribution in [2.75, 3.05) is 0 Å². The van der Waals surface area contributed by atoms with Crippen molar-refractivity contribution < 1.29 is 14.7 Å². The molecule has 1 aliphatic carbocycles. The van der Waals surface area contributed by atoms with Crippen molar-refractivity contribution in [3.8, 4) is 16.9 Å². The Balaban J connectivity index is 1.92. The zero-order valence-corrected chi connectivity index (χ0v) is 19.3. The van der Waals surface area contributed by atoms with Gasteiger partial charge in [-0.25, -0.2) is 9.48 Å². The molecule has 1 saturated carbocycles. The highest BCUT2D eigenvalue weighted by atomic mass is 35.5. The minimum Gasteiger partial charge on any atom is -0.478 e. The lowest BCUT2D eigenvalue weighted by atomic mass is 9.98. The smallest absolute Gasteiger partial charge is 0.336 e. The molecule has 2 aromatic carbocycles. The van der Waals surface area contributed by atoms with Gasteiger partial charge in [-0.2, -0.15) is 5.10 Å². The molecular weight excluding hydrogens is 449 g/mol. The number of benzene rings is 2. The van der Waals surface area contributed by atoms with Crippen LogP contribution < -0.4 is 5.32 Å². The van der Waals surface area contributed by atoms with Gasteiger partial charge in [-0.1, -0.05) is 53.7 Å². The molecular formula is C24H23Cl2N3O3. The number of aromatic carboxylic acids is 1. The number of hydrogen-bond acceptors (Lipinski definition) is 3. The molecule has 32 heavy (non-hydrogen) atoms. The Bertz CT molecular complexity index is 1210. The second-order valence-electron chi connectivity index (χ2n) is 8.14. The first-order valence-electron chi connectivity index (χ1n) is 10.5. The number of amides is 1. The van der Waals surface area contributed by atoms with E-state index in [0.717, 1.165) is 31.2 Å². The van der Waals surface area contributed by atoms with Gasteiger partial charge in [-0.15, -0.1) is 0 Å². The van der Waals surface area contributed by atoms with Crippen LogP contribution in [0.4, 0.5) is 0 Å². The summed E-state index contributed by atoms with van der Waals surface area (Å²) < 4.78 is 1.54. The van der Waals surface area contributed by atoms with E-state index in [4.69, 9.17) is 23.2 Å². The maximum absolute atomic E-state index is 13.1. The van der Waals surface area contributed by atoms with E-state index in [2.05, 4.69) is 10.4 Å². The van der Waals surface area contributed by atoms with Crippen LogP contribution in [0.3, 0.4) is 0 Å². The van der Waals surface area contributed by atoms with Crippen LogP contribution in [-0.4, -0.2) is 32.8 Å². The molecule has 1 heterocycles. The lowest BCUT2D eigenvalue weighted by molar-refractivity contribution is 0.0697. The molecule has 1 fully saturated rings. The topological polar surface area (TPSA) is 84.2 Å². The van der Waals surface area contributed by atoms with Crippen molar-refractivity contribution in [2.24, 2.45) is 0 Å². The summed E-state index contributed by atoms with van der Waals surface area (Å²) >= 11 is 12.5. The molecule has 1 amide bonds. The fourth-order valence-electron chi connectivity index (χ4n) is 4.22. The number of carbonyl (C=O) groups excluding carboxylic acids is 1. The normalized spacial score (nSPS) is 14.0. The third-order valence-corrected chi connectivity index (χ3v) is 6.36. The van der Waals surface area contributed by atoms with Crippen LogP contribution in [0.15, 0.2) is 36.4 Å². The molecule has 1 aromatic heterocycles. The van der Waals surface area contributed by atoms with E-state index < -0.39 is 5.97 Å². The van der Waals surface area contributed by atoms with Crippen molar-refractivity contribution in [1.29, 1.82) is 0 Å². The largest absolute Gasteiger partial charge is 0.478 e. The Morgan fingerprint density at radius 1 is 1.09 bits per heavy atom. The predicted octanol–water partition coefficient (Wildman–Crippen LogP) is 5.83. The van der Waals surface area contributed by atoms with E-state index >= 15 is 0 Å². The van der Waals surface area contributed by atoms with Crippen molar-refractivity contribution in [2.45, 2.75) is 45.6 Å².